The minimum Gasteiger partial charge on any atom is -0.229 e. The van der Waals surface area contributed by atoms with Crippen LogP contribution in [0.1, 0.15) is 63.9 Å². The third-order valence-electron chi connectivity index (χ3n) is 6.44. The van der Waals surface area contributed by atoms with Crippen LogP contribution in [0.4, 0.5) is 5.69 Å². The van der Waals surface area contributed by atoms with E-state index in [4.69, 9.17) is 34.8 Å². The van der Waals surface area contributed by atoms with E-state index in [1.165, 1.54) is 16.5 Å². The van der Waals surface area contributed by atoms with E-state index < -0.39 is 25.9 Å². The molecule has 2 atom stereocenters. The van der Waals surface area contributed by atoms with Gasteiger partial charge in [-0.2, -0.15) is 12.8 Å². The summed E-state index contributed by atoms with van der Waals surface area (Å²) in [5, 5.41) is 2.60. The van der Waals surface area contributed by atoms with Gasteiger partial charge in [0, 0.05) is 28.9 Å². The highest BCUT2D eigenvalue weighted by atomic mass is 35.5. The van der Waals surface area contributed by atoms with Crippen molar-refractivity contribution in [1.82, 2.24) is 5.01 Å². The van der Waals surface area contributed by atoms with E-state index in [2.05, 4.69) is 6.92 Å². The van der Waals surface area contributed by atoms with Gasteiger partial charge in [0.05, 0.1) is 21.4 Å². The Balaban J connectivity index is 2.24. The molecule has 0 aliphatic carbocycles. The summed E-state index contributed by atoms with van der Waals surface area (Å²) >= 11 is 19.1. The lowest BCUT2D eigenvalue weighted by Crippen LogP contribution is -2.56. The van der Waals surface area contributed by atoms with Crippen LogP contribution in [0.5, 0.6) is 0 Å². The summed E-state index contributed by atoms with van der Waals surface area (Å²) < 4.78 is 54.7. The molecular weight excluding hydrogens is 563 g/mol. The number of piperidine rings is 1. The Bertz CT molecular complexity index is 1290. The van der Waals surface area contributed by atoms with Crippen LogP contribution >= 0.6 is 34.8 Å². The number of rotatable bonds is 10. The summed E-state index contributed by atoms with van der Waals surface area (Å²) in [4.78, 5) is 0.121. The summed E-state index contributed by atoms with van der Waals surface area (Å²) in [6.45, 7) is 4.43. The summed E-state index contributed by atoms with van der Waals surface area (Å²) in [5.74, 6) is -0.226. The van der Waals surface area contributed by atoms with E-state index in [0.29, 0.717) is 35.0 Å². The monoisotopic (exact) mass is 594 g/mol. The molecule has 2 aromatic carbocycles. The Morgan fingerprint density at radius 3 is 2.36 bits per heavy atom. The fourth-order valence-electron chi connectivity index (χ4n) is 4.68. The maximum Gasteiger partial charge on any atom is 0.278 e. The first kappa shape index (κ1) is 29.5. The molecule has 0 aromatic heterocycles. The number of benzene rings is 2. The SMILES string of the molecule is CCCC[C@@H](C)c1cc(Cl)ccc1S(=O)(=O)N(c1cc(Cl)ccc1Cl)N1CCCCC1CS(C)(=O)=O. The lowest BCUT2D eigenvalue weighted by molar-refractivity contribution is 0.172. The number of hydrogen-bond acceptors (Lipinski definition) is 5. The van der Waals surface area contributed by atoms with Crippen LogP contribution in [0.2, 0.25) is 15.1 Å². The van der Waals surface area contributed by atoms with E-state index in [1.54, 1.807) is 29.3 Å². The molecule has 1 unspecified atom stereocenters. The van der Waals surface area contributed by atoms with Crippen LogP contribution in [-0.4, -0.2) is 46.4 Å². The Morgan fingerprint density at radius 2 is 1.69 bits per heavy atom. The quantitative estimate of drug-likeness (QED) is 0.297. The summed E-state index contributed by atoms with van der Waals surface area (Å²) in [6.07, 6.45) is 5.95. The second-order valence-electron chi connectivity index (χ2n) is 9.47. The molecule has 200 valence electrons. The van der Waals surface area contributed by atoms with Crippen LogP contribution in [0.25, 0.3) is 0 Å². The molecule has 6 nitrogen and oxygen atoms in total. The van der Waals surface area contributed by atoms with Crippen molar-refractivity contribution in [3.8, 4) is 0 Å². The van der Waals surface area contributed by atoms with E-state index in [0.717, 1.165) is 31.9 Å². The molecule has 3 rings (SSSR count). The number of anilines is 1. The molecule has 1 aliphatic heterocycles. The number of halogens is 3. The minimum absolute atomic E-state index is 0.0571. The normalized spacial score (nSPS) is 18.2. The molecule has 1 heterocycles. The van der Waals surface area contributed by atoms with Gasteiger partial charge >= 0.3 is 0 Å². The zero-order valence-electron chi connectivity index (χ0n) is 20.8. The number of hydrazine groups is 1. The van der Waals surface area contributed by atoms with Crippen molar-refractivity contribution in [1.29, 1.82) is 0 Å². The zero-order valence-corrected chi connectivity index (χ0v) is 24.7. The van der Waals surface area contributed by atoms with Gasteiger partial charge < -0.3 is 0 Å². The Kier molecular flexibility index (Phi) is 10.0. The summed E-state index contributed by atoms with van der Waals surface area (Å²) in [7, 11) is -7.61. The predicted octanol–water partition coefficient (Wildman–Crippen LogP) is 6.95. The van der Waals surface area contributed by atoms with Crippen molar-refractivity contribution in [2.75, 3.05) is 23.0 Å². The number of nitrogens with zero attached hydrogens (tertiary/aromatic N) is 2. The van der Waals surface area contributed by atoms with Crippen LogP contribution < -0.4 is 4.41 Å². The van der Waals surface area contributed by atoms with Crippen LogP contribution in [0, 0.1) is 0 Å². The second-order valence-corrected chi connectivity index (χ2v) is 14.7. The third kappa shape index (κ3) is 7.08. The number of unbranched alkanes of at least 4 members (excludes halogenated alkanes) is 1. The molecule has 0 radical (unpaired) electrons. The van der Waals surface area contributed by atoms with Crippen LogP contribution in [0.15, 0.2) is 41.3 Å². The Morgan fingerprint density at radius 1 is 1.03 bits per heavy atom. The number of sulfone groups is 1. The van der Waals surface area contributed by atoms with Crippen LogP contribution in [0.3, 0.4) is 0 Å². The average Bonchev–Trinajstić information content (AvgIpc) is 2.79. The fourth-order valence-corrected chi connectivity index (χ4v) is 8.20. The predicted molar refractivity (Wildman–Crippen MR) is 150 cm³/mol. The van der Waals surface area contributed by atoms with Gasteiger partial charge in [0.25, 0.3) is 10.0 Å². The topological polar surface area (TPSA) is 74.8 Å². The van der Waals surface area contributed by atoms with Gasteiger partial charge in [0.15, 0.2) is 0 Å². The molecule has 36 heavy (non-hydrogen) atoms. The molecule has 11 heteroatoms. The second kappa shape index (κ2) is 12.2. The van der Waals surface area contributed by atoms with Gasteiger partial charge in [-0.25, -0.2) is 13.4 Å². The lowest BCUT2D eigenvalue weighted by atomic mass is 9.95. The van der Waals surface area contributed by atoms with E-state index in [-0.39, 0.29) is 27.3 Å². The molecule has 0 spiro atoms. The Hall–Kier alpha value is -1.03. The molecule has 1 aliphatic rings. The molecule has 1 saturated heterocycles. The van der Waals surface area contributed by atoms with Gasteiger partial charge in [-0.1, -0.05) is 67.9 Å². The first-order valence-corrected chi connectivity index (χ1v) is 16.7. The zero-order chi connectivity index (χ0) is 26.7. The van der Waals surface area contributed by atoms with Gasteiger partial charge in [0.1, 0.15) is 9.84 Å². The average molecular weight is 596 g/mol. The molecule has 0 bridgehead atoms. The van der Waals surface area contributed by atoms with Crippen molar-refractivity contribution in [2.24, 2.45) is 0 Å². The lowest BCUT2D eigenvalue weighted by Gasteiger charge is -2.43. The fraction of sp³-hybridized carbons (Fsp3) is 0.520. The molecule has 1 fully saturated rings. The summed E-state index contributed by atoms with van der Waals surface area (Å²) in [6, 6.07) is 8.89. The Labute approximate surface area is 230 Å². The van der Waals surface area contributed by atoms with E-state index in [9.17, 15) is 16.8 Å². The van der Waals surface area contributed by atoms with E-state index >= 15 is 0 Å². The number of sulfonamides is 1. The maximum absolute atomic E-state index is 14.5. The molecular formula is C25H33Cl3N2O4S2. The van der Waals surface area contributed by atoms with Gasteiger partial charge in [-0.05, 0) is 67.1 Å². The molecule has 0 saturated carbocycles. The first-order valence-electron chi connectivity index (χ1n) is 12.1. The third-order valence-corrected chi connectivity index (χ3v) is 10.0. The smallest absolute Gasteiger partial charge is 0.229 e. The van der Waals surface area contributed by atoms with Crippen molar-refractivity contribution >= 4 is 60.4 Å². The van der Waals surface area contributed by atoms with E-state index in [1.807, 2.05) is 6.92 Å². The van der Waals surface area contributed by atoms with Crippen molar-refractivity contribution in [2.45, 2.75) is 69.2 Å². The number of hydrogen-bond donors (Lipinski definition) is 0. The largest absolute Gasteiger partial charge is 0.278 e. The highest BCUT2D eigenvalue weighted by molar-refractivity contribution is 7.92. The van der Waals surface area contributed by atoms with Crippen molar-refractivity contribution in [3.63, 3.8) is 0 Å². The van der Waals surface area contributed by atoms with Gasteiger partial charge in [0.2, 0.25) is 0 Å². The van der Waals surface area contributed by atoms with Gasteiger partial charge in [-0.3, -0.25) is 0 Å². The molecule has 2 aromatic rings. The van der Waals surface area contributed by atoms with Crippen molar-refractivity contribution < 1.29 is 16.8 Å². The maximum atomic E-state index is 14.5. The first-order chi connectivity index (χ1) is 16.8. The minimum atomic E-state index is -4.24. The highest BCUT2D eigenvalue weighted by Crippen LogP contribution is 2.39. The standard InChI is InChI=1S/C25H33Cl3N2O4S2/c1-4-5-8-18(2)22-15-19(26)11-13-25(22)36(33,34)30(24-16-20(27)10-12-23(24)28)29-14-7-6-9-21(29)17-35(3,31)32/h10-13,15-16,18,21H,4-9,14,17H2,1-3H3/t18-,21?/m1/s1. The highest BCUT2D eigenvalue weighted by Gasteiger charge is 2.39. The van der Waals surface area contributed by atoms with Gasteiger partial charge in [-0.15, -0.1) is 0 Å². The summed E-state index contributed by atoms with van der Waals surface area (Å²) in [5.41, 5.74) is 0.808. The molecule has 0 amide bonds. The van der Waals surface area contributed by atoms with Crippen molar-refractivity contribution in [3.05, 3.63) is 57.0 Å². The molecule has 0 N–H and O–H groups in total. The van der Waals surface area contributed by atoms with Crippen LogP contribution in [-0.2, 0) is 19.9 Å².